The van der Waals surface area contributed by atoms with Gasteiger partial charge in [0.15, 0.2) is 0 Å². The molecule has 37 heteroatoms. The number of aliphatic hydroxyl groups excluding tert-OH is 1. The molecule has 6 amide bonds. The molecule has 12 N–H and O–H groups in total. The van der Waals surface area contributed by atoms with Crippen LogP contribution in [-0.4, -0.2) is 231 Å². The molecule has 0 atom stereocenters. The minimum absolute atomic E-state index is 0.0139. The first-order valence-corrected chi connectivity index (χ1v) is 43.9. The number of amides is 6. The van der Waals surface area contributed by atoms with Gasteiger partial charge in [-0.1, -0.05) is 35.3 Å². The molecule has 5 fully saturated rings. The fourth-order valence-electron chi connectivity index (χ4n) is 15.5. The van der Waals surface area contributed by atoms with Crippen molar-refractivity contribution in [3.05, 3.63) is 188 Å². The summed E-state index contributed by atoms with van der Waals surface area (Å²) >= 11 is 16.1. The summed E-state index contributed by atoms with van der Waals surface area (Å²) in [4.78, 5) is 125. The number of aromatic amines is 3. The van der Waals surface area contributed by atoms with Crippen molar-refractivity contribution in [3.8, 4) is 6.07 Å². The molecule has 122 heavy (non-hydrogen) atoms. The van der Waals surface area contributed by atoms with Crippen LogP contribution in [0.4, 0.5) is 15.7 Å². The number of benzene rings is 5. The molecule has 32 nitrogen and oxygen atoms in total. The number of aliphatic hydroxyl groups is 1. The van der Waals surface area contributed by atoms with Gasteiger partial charge in [-0.25, -0.2) is 4.79 Å². The van der Waals surface area contributed by atoms with E-state index < -0.39 is 5.97 Å². The summed E-state index contributed by atoms with van der Waals surface area (Å²) in [6, 6.07) is 31.4. The maximum atomic E-state index is 13.6. The van der Waals surface area contributed by atoms with E-state index in [0.717, 1.165) is 197 Å². The highest BCUT2D eigenvalue weighted by molar-refractivity contribution is 7.17. The Morgan fingerprint density at radius 3 is 1.33 bits per heavy atom. The molecule has 8 aliphatic heterocycles. The molecule has 0 radical (unpaired) electrons. The van der Waals surface area contributed by atoms with Crippen LogP contribution in [0, 0.1) is 11.3 Å². The average molecular weight is 1750 g/mol. The van der Waals surface area contributed by atoms with Crippen LogP contribution in [0.25, 0.3) is 33.1 Å². The van der Waals surface area contributed by atoms with Gasteiger partial charge in [-0.05, 0) is 190 Å². The fourth-order valence-corrected chi connectivity index (χ4v) is 19.4. The number of nitriles is 1. The van der Waals surface area contributed by atoms with Crippen molar-refractivity contribution in [2.45, 2.75) is 122 Å². The third-order valence-electron chi connectivity index (χ3n) is 21.9. The van der Waals surface area contributed by atoms with Crippen molar-refractivity contribution in [1.29, 1.82) is 5.26 Å². The number of piperidine rings is 1. The summed E-state index contributed by atoms with van der Waals surface area (Å²) in [5, 5.41) is 68.3. The lowest BCUT2D eigenvalue weighted by Gasteiger charge is -2.28. The van der Waals surface area contributed by atoms with Gasteiger partial charge in [-0.3, -0.25) is 38.4 Å². The number of nitrogen functional groups attached to an aromatic ring is 2. The van der Waals surface area contributed by atoms with Crippen LogP contribution in [0.2, 0.25) is 10.0 Å². The van der Waals surface area contributed by atoms with Crippen molar-refractivity contribution in [3.63, 3.8) is 0 Å². The second-order valence-electron chi connectivity index (χ2n) is 30.1. The van der Waals surface area contributed by atoms with Gasteiger partial charge in [-0.15, -0.1) is 34.0 Å². The third kappa shape index (κ3) is 22.4. The number of carbonyl (C=O) groups is 9. The first-order valence-electron chi connectivity index (χ1n) is 40.7. The number of aromatic nitrogens is 9. The lowest BCUT2D eigenvalue weighted by Crippen LogP contribution is -2.36. The smallest absolute Gasteiger partial charge is 0.335 e. The molecule has 6 aromatic heterocycles. The van der Waals surface area contributed by atoms with Gasteiger partial charge in [0.2, 0.25) is 5.91 Å². The number of anilines is 3. The van der Waals surface area contributed by atoms with Gasteiger partial charge in [0.25, 0.3) is 29.5 Å². The minimum Gasteiger partial charge on any atom is -0.478 e. The number of carboxylic acids is 1. The van der Waals surface area contributed by atoms with Crippen LogP contribution in [0.3, 0.4) is 0 Å². The number of H-pyrrole nitrogens is 3. The first-order chi connectivity index (χ1) is 59.2. The molecule has 14 heterocycles. The Labute approximate surface area is 724 Å². The number of fused-ring (bicyclic) bond motifs is 6. The predicted molar refractivity (Wildman–Crippen MR) is 467 cm³/mol. The Kier molecular flexibility index (Phi) is 30.5. The number of halogens is 2. The van der Waals surface area contributed by atoms with Crippen molar-refractivity contribution in [2.24, 2.45) is 0 Å². The molecular weight excluding hydrogens is 1660 g/mol. The first kappa shape index (κ1) is 88.2. The number of ketones is 2. The summed E-state index contributed by atoms with van der Waals surface area (Å²) in [5.74, 6) is -0.431. The van der Waals surface area contributed by atoms with E-state index in [1.807, 2.05) is 42.7 Å². The average Bonchev–Trinajstić information content (AvgIpc) is 1.63. The van der Waals surface area contributed by atoms with E-state index in [-0.39, 0.29) is 72.8 Å². The van der Waals surface area contributed by atoms with E-state index in [1.165, 1.54) is 45.2 Å². The number of hydrogen-bond acceptors (Lipinski definition) is 25. The number of Topliss-reactive ketones (excluding diaryl/α,β-unsaturated/α-hetero) is 2. The second kappa shape index (κ2) is 42.3. The number of likely N-dealkylation sites (tertiary alicyclic amines) is 4. The Morgan fingerprint density at radius 2 is 0.869 bits per heavy atom. The van der Waals surface area contributed by atoms with Crippen LogP contribution in [0.15, 0.2) is 103 Å². The number of nitrogens with two attached hydrogens (primary N) is 2. The third-order valence-corrected chi connectivity index (χ3v) is 25.7. The number of nitrogens with one attached hydrogen (secondary N) is 6. The predicted octanol–water partition coefficient (Wildman–Crippen LogP) is 10.5. The second-order valence-corrected chi connectivity index (χ2v) is 34.5. The van der Waals surface area contributed by atoms with E-state index in [1.54, 1.807) is 95.1 Å². The zero-order valence-corrected chi connectivity index (χ0v) is 71.1. The number of carboxylic acid groups (broad SMARTS) is 1. The van der Waals surface area contributed by atoms with E-state index in [4.69, 9.17) is 50.1 Å². The van der Waals surface area contributed by atoms with Gasteiger partial charge in [0.05, 0.1) is 51.4 Å². The molecule has 0 aliphatic carbocycles. The number of carbonyl (C=O) groups excluding carboxylic acids is 8. The lowest BCUT2D eigenvalue weighted by molar-refractivity contribution is -0.129. The van der Waals surface area contributed by atoms with E-state index in [9.17, 15) is 43.2 Å². The highest BCUT2D eigenvalue weighted by Gasteiger charge is 2.36. The van der Waals surface area contributed by atoms with Crippen molar-refractivity contribution < 1.29 is 53.4 Å². The van der Waals surface area contributed by atoms with Gasteiger partial charge in [0, 0.05) is 157 Å². The normalized spacial score (nSPS) is 15.7. The molecule has 0 spiro atoms. The lowest BCUT2D eigenvalue weighted by atomic mass is 9.97. The molecule has 0 bridgehead atoms. The summed E-state index contributed by atoms with van der Waals surface area (Å²) in [6.07, 6.45) is 12.7. The van der Waals surface area contributed by atoms with E-state index in [0.29, 0.717) is 115 Å². The topological polar surface area (TPSA) is 450 Å². The standard InChI is InChI=1S/C28H26ClN5O3S.C19H20N6O2S.C12H17N3OS.C7H8ClNO.C7H5N3O2.C7H10N2O.C5H9NO/c29-19-6-3-17(4-7-19)13-20(35)15-24-26(28(37)33-10-1-2-11-33)21-9-12-34(16-25(21)38-24)27(36)18-5-8-22-23(14-18)31-32-30-22;20-17-16(19(27)24-6-1-2-7-24)12-5-8-25(10-15(12)28-17)18(26)11-3-4-13-14(9-11)22-23-21-13;13-11-10(12(16)15-5-1-2-6-15)8-3-4-14-7-9(8)17-11;8-6-1-3-7(4-2-6)9-5-10;11-7(12)4-1-2-5-6(3-4)9-10-8-5;8-4-3-7(10)9-5-1-2-6-9;7-5-1-3-6-4-2-5/h3-8,14H,1-2,9-13,15-16H2,(H,30,31,32);3-4,9H,1-2,5-8,10,20H2,(H,21,22,23);14H,1-7,13H2;1-4,9-10H,5H2;1-3H,(H,11,12)(H,8,9,10);1-3,5-6H2;6H,1-4H2. The van der Waals surface area contributed by atoms with Crippen LogP contribution in [0.5, 0.6) is 0 Å². The highest BCUT2D eigenvalue weighted by Crippen LogP contribution is 2.40. The van der Waals surface area contributed by atoms with E-state index >= 15 is 0 Å². The molecule has 0 saturated carbocycles. The number of hydrogen-bond donors (Lipinski definition) is 10. The van der Waals surface area contributed by atoms with Crippen molar-refractivity contribution in [2.75, 3.05) is 109 Å². The number of nitrogens with zero attached hydrogens (tertiary/aromatic N) is 13. The Morgan fingerprint density at radius 1 is 0.459 bits per heavy atom. The molecule has 0 unspecified atom stereocenters. The zero-order valence-electron chi connectivity index (χ0n) is 67.2. The van der Waals surface area contributed by atoms with Crippen LogP contribution >= 0.6 is 57.2 Å². The Balaban J connectivity index is 0.000000133. The fraction of sp³-hybridized carbons (Fsp3) is 0.388. The monoisotopic (exact) mass is 1750 g/mol. The Bertz CT molecular complexity index is 5610. The van der Waals surface area contributed by atoms with Crippen LogP contribution in [-0.2, 0) is 66.1 Å². The molecule has 638 valence electrons. The highest BCUT2D eigenvalue weighted by atomic mass is 35.5. The van der Waals surface area contributed by atoms with Crippen molar-refractivity contribution >= 4 is 159 Å². The van der Waals surface area contributed by atoms with Crippen LogP contribution < -0.4 is 27.4 Å². The maximum absolute atomic E-state index is 13.6. The molecule has 11 aromatic rings. The number of aromatic carboxylic acids is 1. The molecular formula is C85H95Cl2N21O11S3. The van der Waals surface area contributed by atoms with E-state index in [2.05, 4.69) is 62.2 Å². The summed E-state index contributed by atoms with van der Waals surface area (Å²) in [6.45, 7) is 12.1. The molecule has 8 aliphatic rings. The van der Waals surface area contributed by atoms with Gasteiger partial charge in [-0.2, -0.15) is 51.5 Å². The Hall–Kier alpha value is -11.6. The van der Waals surface area contributed by atoms with Crippen molar-refractivity contribution in [1.82, 2.24) is 86.3 Å². The molecule has 5 aromatic carbocycles. The largest absolute Gasteiger partial charge is 0.478 e. The molecule has 19 rings (SSSR count). The van der Waals surface area contributed by atoms with Crippen LogP contribution in [0.1, 0.15) is 175 Å². The number of thiophene rings is 3. The maximum Gasteiger partial charge on any atom is 0.335 e. The van der Waals surface area contributed by atoms with Gasteiger partial charge in [0.1, 0.15) is 57.8 Å². The zero-order chi connectivity index (χ0) is 85.8. The quantitative estimate of drug-likeness (QED) is 0.0479. The summed E-state index contributed by atoms with van der Waals surface area (Å²) in [5.41, 5.74) is 24.7. The minimum atomic E-state index is -0.958. The summed E-state index contributed by atoms with van der Waals surface area (Å²) in [7, 11) is 0. The number of rotatable bonds is 13. The van der Waals surface area contributed by atoms with Gasteiger partial charge >= 0.3 is 5.97 Å². The SMILES string of the molecule is N#CCC(=O)N1CCCC1.Nc1sc2c(c1C(=O)N1CCCC1)CCN(C(=O)c1ccc3n[nH]nc3c1)C2.Nc1sc2c(c1C(=O)N1CCCC1)CCNC2.O=C(Cc1ccc(Cl)cc1)Cc1sc2c(c1C(=O)N1CCCC1)CCN(C(=O)c1ccc3n[nH]nc3c1)C2.O=C(O)c1ccc2n[nH]nc2c1.O=C1CCNCC1.OCNc1ccc(Cl)cc1. The van der Waals surface area contributed by atoms with Gasteiger partial charge < -0.3 is 67.0 Å². The molecule has 5 saturated heterocycles. The summed E-state index contributed by atoms with van der Waals surface area (Å²) < 4.78 is 0.